The number of oxazole rings is 1. The highest BCUT2D eigenvalue weighted by Crippen LogP contribution is 2.30. The van der Waals surface area contributed by atoms with Crippen LogP contribution >= 0.6 is 0 Å². The Morgan fingerprint density at radius 3 is 2.73 bits per heavy atom. The Labute approximate surface area is 152 Å². The lowest BCUT2D eigenvalue weighted by Gasteiger charge is -2.34. The van der Waals surface area contributed by atoms with Crippen LogP contribution in [0.4, 0.5) is 8.78 Å². The molecule has 1 N–H and O–H groups in total. The molecule has 0 saturated heterocycles. The second kappa shape index (κ2) is 7.98. The van der Waals surface area contributed by atoms with Crippen molar-refractivity contribution < 1.29 is 18.0 Å². The first-order valence-corrected chi connectivity index (χ1v) is 9.14. The zero-order chi connectivity index (χ0) is 18.7. The number of rotatable bonds is 5. The van der Waals surface area contributed by atoms with Gasteiger partial charge in [-0.05, 0) is 30.4 Å². The Morgan fingerprint density at radius 2 is 2.00 bits per heavy atom. The van der Waals surface area contributed by atoms with Crippen molar-refractivity contribution in [3.8, 4) is 11.3 Å². The minimum absolute atomic E-state index is 0.0331. The summed E-state index contributed by atoms with van der Waals surface area (Å²) < 4.78 is 33.0. The molecule has 1 aromatic carbocycles. The number of amides is 1. The van der Waals surface area contributed by atoms with Gasteiger partial charge in [0.1, 0.15) is 11.6 Å². The molecule has 0 spiro atoms. The van der Waals surface area contributed by atoms with Gasteiger partial charge in [-0.1, -0.05) is 32.8 Å². The second-order valence-electron chi connectivity index (χ2n) is 7.16. The van der Waals surface area contributed by atoms with Crippen LogP contribution in [-0.4, -0.2) is 16.9 Å². The van der Waals surface area contributed by atoms with Crippen LogP contribution in [0.15, 0.2) is 28.8 Å². The van der Waals surface area contributed by atoms with E-state index in [0.29, 0.717) is 24.1 Å². The van der Waals surface area contributed by atoms with Crippen molar-refractivity contribution >= 4 is 5.91 Å². The molecule has 6 heteroatoms. The SMILES string of the molecule is CC1CCCC(NC(=O)CCc2ncc(-c3c(F)cccc3F)o2)C1C. The monoisotopic (exact) mass is 362 g/mol. The van der Waals surface area contributed by atoms with E-state index >= 15 is 0 Å². The van der Waals surface area contributed by atoms with Gasteiger partial charge in [-0.2, -0.15) is 0 Å². The Bertz CT molecular complexity index is 755. The fourth-order valence-electron chi connectivity index (χ4n) is 3.56. The van der Waals surface area contributed by atoms with Gasteiger partial charge in [-0.15, -0.1) is 0 Å². The van der Waals surface area contributed by atoms with Crippen LogP contribution in [0.2, 0.25) is 0 Å². The van der Waals surface area contributed by atoms with Crippen molar-refractivity contribution in [1.82, 2.24) is 10.3 Å². The highest BCUT2D eigenvalue weighted by atomic mass is 19.1. The van der Waals surface area contributed by atoms with Gasteiger partial charge in [0, 0.05) is 18.9 Å². The lowest BCUT2D eigenvalue weighted by molar-refractivity contribution is -0.122. The van der Waals surface area contributed by atoms with E-state index in [2.05, 4.69) is 24.1 Å². The summed E-state index contributed by atoms with van der Waals surface area (Å²) in [6, 6.07) is 3.84. The lowest BCUT2D eigenvalue weighted by atomic mass is 9.78. The molecule has 3 atom stereocenters. The van der Waals surface area contributed by atoms with Gasteiger partial charge < -0.3 is 9.73 Å². The van der Waals surface area contributed by atoms with Crippen molar-refractivity contribution in [2.45, 2.75) is 52.0 Å². The van der Waals surface area contributed by atoms with E-state index in [0.717, 1.165) is 12.8 Å². The van der Waals surface area contributed by atoms with E-state index in [1.807, 2.05) is 0 Å². The van der Waals surface area contributed by atoms with Gasteiger partial charge in [0.2, 0.25) is 5.91 Å². The number of nitrogens with zero attached hydrogens (tertiary/aromatic N) is 1. The van der Waals surface area contributed by atoms with Gasteiger partial charge in [-0.3, -0.25) is 4.79 Å². The smallest absolute Gasteiger partial charge is 0.220 e. The number of hydrogen-bond donors (Lipinski definition) is 1. The quantitative estimate of drug-likeness (QED) is 0.852. The summed E-state index contributed by atoms with van der Waals surface area (Å²) in [5.74, 6) is -0.0536. The third-order valence-corrected chi connectivity index (χ3v) is 5.38. The first-order chi connectivity index (χ1) is 12.5. The molecule has 4 nitrogen and oxygen atoms in total. The van der Waals surface area contributed by atoms with Crippen LogP contribution in [0.3, 0.4) is 0 Å². The van der Waals surface area contributed by atoms with E-state index in [-0.39, 0.29) is 29.7 Å². The van der Waals surface area contributed by atoms with Crippen molar-refractivity contribution in [3.05, 3.63) is 41.9 Å². The van der Waals surface area contributed by atoms with E-state index in [1.165, 1.54) is 30.8 Å². The predicted molar refractivity (Wildman–Crippen MR) is 94.3 cm³/mol. The largest absolute Gasteiger partial charge is 0.441 e. The number of hydrogen-bond acceptors (Lipinski definition) is 3. The van der Waals surface area contributed by atoms with Crippen molar-refractivity contribution in [1.29, 1.82) is 0 Å². The molecule has 1 aliphatic rings. The van der Waals surface area contributed by atoms with Crippen LogP contribution in [0, 0.1) is 23.5 Å². The third-order valence-electron chi connectivity index (χ3n) is 5.38. The van der Waals surface area contributed by atoms with Gasteiger partial charge in [-0.25, -0.2) is 13.8 Å². The van der Waals surface area contributed by atoms with E-state index in [9.17, 15) is 13.6 Å². The Balaban J connectivity index is 1.57. The number of carbonyl (C=O) groups is 1. The molecule has 1 fully saturated rings. The average molecular weight is 362 g/mol. The maximum atomic E-state index is 13.8. The third kappa shape index (κ3) is 4.11. The van der Waals surface area contributed by atoms with Crippen molar-refractivity contribution in [2.24, 2.45) is 11.8 Å². The summed E-state index contributed by atoms with van der Waals surface area (Å²) in [5.41, 5.74) is -0.235. The van der Waals surface area contributed by atoms with Gasteiger partial charge in [0.05, 0.1) is 11.8 Å². The molecule has 1 aliphatic carbocycles. The molecule has 140 valence electrons. The van der Waals surface area contributed by atoms with Gasteiger partial charge in [0.25, 0.3) is 0 Å². The van der Waals surface area contributed by atoms with Gasteiger partial charge in [0.15, 0.2) is 11.7 Å². The first kappa shape index (κ1) is 18.5. The normalized spacial score (nSPS) is 23.0. The maximum Gasteiger partial charge on any atom is 0.220 e. The van der Waals surface area contributed by atoms with Crippen LogP contribution in [0.25, 0.3) is 11.3 Å². The molecule has 26 heavy (non-hydrogen) atoms. The number of aromatic nitrogens is 1. The summed E-state index contributed by atoms with van der Waals surface area (Å²) >= 11 is 0. The zero-order valence-corrected chi connectivity index (χ0v) is 15.1. The summed E-state index contributed by atoms with van der Waals surface area (Å²) in [6.45, 7) is 4.40. The second-order valence-corrected chi connectivity index (χ2v) is 7.16. The summed E-state index contributed by atoms with van der Waals surface area (Å²) in [4.78, 5) is 16.3. The molecule has 0 radical (unpaired) electrons. The first-order valence-electron chi connectivity index (χ1n) is 9.14. The zero-order valence-electron chi connectivity index (χ0n) is 15.1. The molecule has 1 saturated carbocycles. The van der Waals surface area contributed by atoms with Crippen LogP contribution < -0.4 is 5.32 Å². The van der Waals surface area contributed by atoms with Gasteiger partial charge >= 0.3 is 0 Å². The molecule has 1 amide bonds. The van der Waals surface area contributed by atoms with Crippen molar-refractivity contribution in [2.75, 3.05) is 0 Å². The Hall–Kier alpha value is -2.24. The topological polar surface area (TPSA) is 55.1 Å². The lowest BCUT2D eigenvalue weighted by Crippen LogP contribution is -2.43. The fourth-order valence-corrected chi connectivity index (χ4v) is 3.56. The number of halogens is 2. The standard InChI is InChI=1S/C20H24F2N2O2/c1-12-5-3-8-16(13(12)2)24-18(25)9-10-19-23-11-17(26-19)20-14(21)6-4-7-15(20)22/h4,6-7,11-13,16H,3,5,8-10H2,1-2H3,(H,24,25). The average Bonchev–Trinajstić information content (AvgIpc) is 3.06. The van der Waals surface area contributed by atoms with E-state index in [4.69, 9.17) is 4.42 Å². The molecule has 0 aliphatic heterocycles. The van der Waals surface area contributed by atoms with E-state index < -0.39 is 11.6 Å². The molecule has 2 aromatic rings. The molecule has 3 rings (SSSR count). The number of carbonyl (C=O) groups excluding carboxylic acids is 1. The molecular weight excluding hydrogens is 338 g/mol. The number of aryl methyl sites for hydroxylation is 1. The number of nitrogens with one attached hydrogen (secondary N) is 1. The fraction of sp³-hybridized carbons (Fsp3) is 0.500. The molecule has 0 bridgehead atoms. The number of benzene rings is 1. The van der Waals surface area contributed by atoms with Crippen LogP contribution in [-0.2, 0) is 11.2 Å². The highest BCUT2D eigenvalue weighted by molar-refractivity contribution is 5.76. The van der Waals surface area contributed by atoms with Crippen LogP contribution in [0.5, 0.6) is 0 Å². The summed E-state index contributed by atoms with van der Waals surface area (Å²) in [5, 5.41) is 3.10. The molecule has 1 aromatic heterocycles. The summed E-state index contributed by atoms with van der Waals surface area (Å²) in [6.07, 6.45) is 5.16. The summed E-state index contributed by atoms with van der Waals surface area (Å²) in [7, 11) is 0. The Morgan fingerprint density at radius 1 is 1.27 bits per heavy atom. The molecule has 3 unspecified atom stereocenters. The molecular formula is C20H24F2N2O2. The van der Waals surface area contributed by atoms with Crippen LogP contribution in [0.1, 0.15) is 45.4 Å². The van der Waals surface area contributed by atoms with E-state index in [1.54, 1.807) is 0 Å². The maximum absolute atomic E-state index is 13.8. The minimum Gasteiger partial charge on any atom is -0.441 e. The highest BCUT2D eigenvalue weighted by Gasteiger charge is 2.28. The van der Waals surface area contributed by atoms with Crippen molar-refractivity contribution in [3.63, 3.8) is 0 Å². The Kier molecular flexibility index (Phi) is 5.69. The molecule has 1 heterocycles. The minimum atomic E-state index is -0.703. The predicted octanol–water partition coefficient (Wildman–Crippen LogP) is 4.49.